The highest BCUT2D eigenvalue weighted by Crippen LogP contribution is 2.24. The fourth-order valence-corrected chi connectivity index (χ4v) is 3.00. The van der Waals surface area contributed by atoms with E-state index in [9.17, 15) is 4.79 Å². The summed E-state index contributed by atoms with van der Waals surface area (Å²) >= 11 is 0. The van der Waals surface area contributed by atoms with E-state index in [1.165, 1.54) is 0 Å². The lowest BCUT2D eigenvalue weighted by Crippen LogP contribution is -2.42. The third-order valence-corrected chi connectivity index (χ3v) is 4.20. The van der Waals surface area contributed by atoms with Crippen molar-refractivity contribution in [2.45, 2.75) is 32.7 Å². The van der Waals surface area contributed by atoms with Gasteiger partial charge in [0.25, 0.3) is 0 Å². The molecule has 0 spiro atoms. The summed E-state index contributed by atoms with van der Waals surface area (Å²) in [6, 6.07) is 12.6. The van der Waals surface area contributed by atoms with Crippen molar-refractivity contribution in [2.24, 2.45) is 5.92 Å². The predicted octanol–water partition coefficient (Wildman–Crippen LogP) is 2.98. The fourth-order valence-electron chi connectivity index (χ4n) is 3.00. The minimum absolute atomic E-state index is 0.138. The Labute approximate surface area is 131 Å². The molecule has 2 aromatic rings. The van der Waals surface area contributed by atoms with Gasteiger partial charge < -0.3 is 10.2 Å². The Balaban J connectivity index is 1.66. The molecular weight excluding hydrogens is 274 g/mol. The van der Waals surface area contributed by atoms with Crippen LogP contribution in [0, 0.1) is 5.92 Å². The molecule has 1 amide bonds. The van der Waals surface area contributed by atoms with E-state index >= 15 is 0 Å². The van der Waals surface area contributed by atoms with Gasteiger partial charge in [-0.1, -0.05) is 18.2 Å². The minimum Gasteiger partial charge on any atom is -0.357 e. The van der Waals surface area contributed by atoms with Crippen LogP contribution in [0.2, 0.25) is 0 Å². The zero-order chi connectivity index (χ0) is 15.5. The number of carbonyl (C=O) groups is 1. The summed E-state index contributed by atoms with van der Waals surface area (Å²) in [6.07, 6.45) is 1.79. The lowest BCUT2D eigenvalue weighted by molar-refractivity contribution is -0.126. The van der Waals surface area contributed by atoms with Crippen molar-refractivity contribution in [1.29, 1.82) is 0 Å². The van der Waals surface area contributed by atoms with Crippen molar-refractivity contribution >= 4 is 22.6 Å². The molecule has 116 valence electrons. The second-order valence-corrected chi connectivity index (χ2v) is 6.29. The molecule has 1 saturated heterocycles. The third-order valence-electron chi connectivity index (χ3n) is 4.20. The molecule has 0 aliphatic carbocycles. The Hall–Kier alpha value is -2.10. The Morgan fingerprint density at radius 2 is 1.91 bits per heavy atom. The maximum Gasteiger partial charge on any atom is 0.223 e. The van der Waals surface area contributed by atoms with Gasteiger partial charge in [-0.05, 0) is 44.9 Å². The summed E-state index contributed by atoms with van der Waals surface area (Å²) in [7, 11) is 0. The Morgan fingerprint density at radius 1 is 1.18 bits per heavy atom. The lowest BCUT2D eigenvalue weighted by atomic mass is 9.95. The number of hydrogen-bond donors (Lipinski definition) is 1. The average Bonchev–Trinajstić information content (AvgIpc) is 2.54. The number of carbonyl (C=O) groups excluding carboxylic acids is 1. The van der Waals surface area contributed by atoms with E-state index in [0.717, 1.165) is 42.7 Å². The van der Waals surface area contributed by atoms with Crippen molar-refractivity contribution in [3.8, 4) is 0 Å². The van der Waals surface area contributed by atoms with Crippen molar-refractivity contribution in [2.75, 3.05) is 18.0 Å². The number of piperidine rings is 1. The summed E-state index contributed by atoms with van der Waals surface area (Å²) in [5.74, 6) is 1.35. The number of fused-ring (bicyclic) bond motifs is 1. The van der Waals surface area contributed by atoms with Gasteiger partial charge in [-0.3, -0.25) is 4.79 Å². The number of pyridine rings is 1. The van der Waals surface area contributed by atoms with Gasteiger partial charge in [-0.2, -0.15) is 0 Å². The molecule has 0 bridgehead atoms. The summed E-state index contributed by atoms with van der Waals surface area (Å²) in [5, 5.41) is 4.18. The van der Waals surface area contributed by atoms with E-state index in [0.29, 0.717) is 0 Å². The first-order valence-electron chi connectivity index (χ1n) is 8.04. The number of amides is 1. The molecule has 4 nitrogen and oxygen atoms in total. The van der Waals surface area contributed by atoms with Gasteiger partial charge in [0.1, 0.15) is 5.82 Å². The van der Waals surface area contributed by atoms with E-state index in [4.69, 9.17) is 4.98 Å². The molecule has 1 aromatic heterocycles. The van der Waals surface area contributed by atoms with E-state index < -0.39 is 0 Å². The molecule has 0 radical (unpaired) electrons. The first-order chi connectivity index (χ1) is 10.6. The van der Waals surface area contributed by atoms with Gasteiger partial charge in [-0.15, -0.1) is 0 Å². The summed E-state index contributed by atoms with van der Waals surface area (Å²) in [6.45, 7) is 5.79. The molecule has 22 heavy (non-hydrogen) atoms. The molecule has 3 rings (SSSR count). The van der Waals surface area contributed by atoms with Gasteiger partial charge in [-0.25, -0.2) is 4.98 Å². The standard InChI is InChI=1S/C18H23N3O/c1-13(2)19-18(22)15-9-11-21(12-10-15)17-8-7-14-5-3-4-6-16(14)20-17/h3-8,13,15H,9-12H2,1-2H3,(H,19,22). The lowest BCUT2D eigenvalue weighted by Gasteiger charge is -2.32. The number of aromatic nitrogens is 1. The van der Waals surface area contributed by atoms with Crippen LogP contribution in [0.15, 0.2) is 36.4 Å². The first-order valence-corrected chi connectivity index (χ1v) is 8.04. The Kier molecular flexibility index (Phi) is 4.27. The smallest absolute Gasteiger partial charge is 0.223 e. The van der Waals surface area contributed by atoms with Crippen molar-refractivity contribution in [3.63, 3.8) is 0 Å². The van der Waals surface area contributed by atoms with Crippen LogP contribution in [0.5, 0.6) is 0 Å². The normalized spacial score (nSPS) is 16.2. The molecule has 0 unspecified atom stereocenters. The molecule has 0 saturated carbocycles. The summed E-state index contributed by atoms with van der Waals surface area (Å²) in [4.78, 5) is 19.1. The molecule has 4 heteroatoms. The molecule has 2 heterocycles. The number of nitrogens with one attached hydrogen (secondary N) is 1. The summed E-state index contributed by atoms with van der Waals surface area (Å²) in [5.41, 5.74) is 1.03. The third kappa shape index (κ3) is 3.21. The molecule has 1 N–H and O–H groups in total. The Morgan fingerprint density at radius 3 is 2.64 bits per heavy atom. The highest BCUT2D eigenvalue weighted by Gasteiger charge is 2.25. The number of benzene rings is 1. The predicted molar refractivity (Wildman–Crippen MR) is 90.0 cm³/mol. The zero-order valence-corrected chi connectivity index (χ0v) is 13.2. The topological polar surface area (TPSA) is 45.2 Å². The second-order valence-electron chi connectivity index (χ2n) is 6.29. The number of para-hydroxylation sites is 1. The maximum absolute atomic E-state index is 12.1. The molecular formula is C18H23N3O. The highest BCUT2D eigenvalue weighted by atomic mass is 16.1. The van der Waals surface area contributed by atoms with Crippen molar-refractivity contribution in [3.05, 3.63) is 36.4 Å². The van der Waals surface area contributed by atoms with Gasteiger partial charge in [0.2, 0.25) is 5.91 Å². The highest BCUT2D eigenvalue weighted by molar-refractivity contribution is 5.81. The quantitative estimate of drug-likeness (QED) is 0.947. The van der Waals surface area contributed by atoms with Gasteiger partial charge in [0.05, 0.1) is 5.52 Å². The molecule has 1 aliphatic heterocycles. The molecule has 0 atom stereocenters. The largest absolute Gasteiger partial charge is 0.357 e. The SMILES string of the molecule is CC(C)NC(=O)C1CCN(c2ccc3ccccc3n2)CC1. The second kappa shape index (κ2) is 6.34. The van der Waals surface area contributed by atoms with Crippen LogP contribution >= 0.6 is 0 Å². The zero-order valence-electron chi connectivity index (χ0n) is 13.2. The molecule has 1 aliphatic rings. The van der Waals surface area contributed by atoms with Gasteiger partial charge in [0.15, 0.2) is 0 Å². The Bertz CT molecular complexity index is 660. The van der Waals surface area contributed by atoms with Crippen molar-refractivity contribution < 1.29 is 4.79 Å². The average molecular weight is 297 g/mol. The van der Waals surface area contributed by atoms with Crippen LogP contribution in [-0.2, 0) is 4.79 Å². The van der Waals surface area contributed by atoms with Gasteiger partial charge >= 0.3 is 0 Å². The number of hydrogen-bond acceptors (Lipinski definition) is 3. The molecule has 1 fully saturated rings. The van der Waals surface area contributed by atoms with E-state index in [-0.39, 0.29) is 17.9 Å². The van der Waals surface area contributed by atoms with E-state index in [1.54, 1.807) is 0 Å². The van der Waals surface area contributed by atoms with Crippen LogP contribution in [0.3, 0.4) is 0 Å². The monoisotopic (exact) mass is 297 g/mol. The van der Waals surface area contributed by atoms with Crippen LogP contribution in [0.1, 0.15) is 26.7 Å². The maximum atomic E-state index is 12.1. The minimum atomic E-state index is 0.138. The number of nitrogens with zero attached hydrogens (tertiary/aromatic N) is 2. The first kappa shape index (κ1) is 14.8. The van der Waals surface area contributed by atoms with Gasteiger partial charge in [0, 0.05) is 30.4 Å². The van der Waals surface area contributed by atoms with E-state index in [1.807, 2.05) is 32.0 Å². The van der Waals surface area contributed by atoms with Crippen LogP contribution < -0.4 is 10.2 Å². The van der Waals surface area contributed by atoms with Crippen LogP contribution in [0.4, 0.5) is 5.82 Å². The number of anilines is 1. The fraction of sp³-hybridized carbons (Fsp3) is 0.444. The van der Waals surface area contributed by atoms with E-state index in [2.05, 4.69) is 28.4 Å². The van der Waals surface area contributed by atoms with Crippen LogP contribution in [0.25, 0.3) is 10.9 Å². The van der Waals surface area contributed by atoms with Crippen molar-refractivity contribution in [1.82, 2.24) is 10.3 Å². The van der Waals surface area contributed by atoms with Crippen LogP contribution in [-0.4, -0.2) is 30.0 Å². The number of rotatable bonds is 3. The summed E-state index contributed by atoms with van der Waals surface area (Å²) < 4.78 is 0. The molecule has 1 aromatic carbocycles.